The Morgan fingerprint density at radius 3 is 2.62 bits per heavy atom. The minimum Gasteiger partial charge on any atom is -0.497 e. The molecule has 0 radical (unpaired) electrons. The maximum absolute atomic E-state index is 12.1. The minimum atomic E-state index is -0.728. The van der Waals surface area contributed by atoms with Crippen LogP contribution in [0.3, 0.4) is 0 Å². The highest BCUT2D eigenvalue weighted by Crippen LogP contribution is 2.38. The Hall–Kier alpha value is -4.12. The third-order valence-electron chi connectivity index (χ3n) is 7.97. The Bertz CT molecular complexity index is 1550. The Balaban J connectivity index is 1.37. The smallest absolute Gasteiger partial charge is 0.321 e. The zero-order valence-corrected chi connectivity index (χ0v) is 23.0. The van der Waals surface area contributed by atoms with Crippen molar-refractivity contribution in [2.45, 2.75) is 44.2 Å². The van der Waals surface area contributed by atoms with E-state index in [0.717, 1.165) is 43.2 Å². The SMILES string of the molecule is COc1ccc(CNc2nc3c(OC)cccc3c3nc([C@@H]4CCCN([C@@H](C(=O)O)C5CC5)C4)nn23)c(OC)c1. The zero-order valence-electron chi connectivity index (χ0n) is 23.0. The van der Waals surface area contributed by atoms with Gasteiger partial charge in [-0.2, -0.15) is 4.52 Å². The lowest BCUT2D eigenvalue weighted by Gasteiger charge is -2.35. The Morgan fingerprint density at radius 1 is 1.07 bits per heavy atom. The van der Waals surface area contributed by atoms with Crippen molar-refractivity contribution in [2.75, 3.05) is 39.7 Å². The number of aromatic nitrogens is 4. The van der Waals surface area contributed by atoms with Gasteiger partial charge in [0.2, 0.25) is 5.95 Å². The summed E-state index contributed by atoms with van der Waals surface area (Å²) in [4.78, 5) is 24.1. The molecule has 2 atom stereocenters. The number of carboxylic acids is 1. The first kappa shape index (κ1) is 26.1. The van der Waals surface area contributed by atoms with Gasteiger partial charge in [-0.25, -0.2) is 9.97 Å². The first-order chi connectivity index (χ1) is 19.5. The third-order valence-corrected chi connectivity index (χ3v) is 7.97. The van der Waals surface area contributed by atoms with Gasteiger partial charge in [0, 0.05) is 36.0 Å². The van der Waals surface area contributed by atoms with Gasteiger partial charge in [0.15, 0.2) is 11.5 Å². The molecule has 11 nitrogen and oxygen atoms in total. The molecule has 1 saturated heterocycles. The summed E-state index contributed by atoms with van der Waals surface area (Å²) < 4.78 is 18.3. The molecule has 40 heavy (non-hydrogen) atoms. The fourth-order valence-electron chi connectivity index (χ4n) is 5.78. The van der Waals surface area contributed by atoms with E-state index < -0.39 is 12.0 Å². The number of nitrogens with one attached hydrogen (secondary N) is 1. The fraction of sp³-hybridized carbons (Fsp3) is 0.448. The van der Waals surface area contributed by atoms with Crippen LogP contribution in [0, 0.1) is 5.92 Å². The first-order valence-corrected chi connectivity index (χ1v) is 13.7. The van der Waals surface area contributed by atoms with E-state index in [-0.39, 0.29) is 11.8 Å². The highest BCUT2D eigenvalue weighted by atomic mass is 16.5. The van der Waals surface area contributed by atoms with Crippen molar-refractivity contribution in [3.8, 4) is 17.2 Å². The van der Waals surface area contributed by atoms with E-state index in [1.807, 2.05) is 36.4 Å². The molecule has 1 aliphatic heterocycles. The second-order valence-electron chi connectivity index (χ2n) is 10.5. The summed E-state index contributed by atoms with van der Waals surface area (Å²) in [6.07, 6.45) is 3.79. The number of piperidine rings is 1. The summed E-state index contributed by atoms with van der Waals surface area (Å²) in [6, 6.07) is 11.0. The summed E-state index contributed by atoms with van der Waals surface area (Å²) in [5, 5.41) is 19.1. The van der Waals surface area contributed by atoms with Crippen molar-refractivity contribution >= 4 is 28.5 Å². The minimum absolute atomic E-state index is 0.0319. The summed E-state index contributed by atoms with van der Waals surface area (Å²) >= 11 is 0. The van der Waals surface area contributed by atoms with Crippen LogP contribution in [0.5, 0.6) is 17.2 Å². The Labute approximate surface area is 232 Å². The van der Waals surface area contributed by atoms with E-state index in [2.05, 4.69) is 10.2 Å². The highest BCUT2D eigenvalue weighted by molar-refractivity contribution is 5.96. The molecule has 2 fully saturated rings. The summed E-state index contributed by atoms with van der Waals surface area (Å²) in [6.45, 7) is 1.85. The Morgan fingerprint density at radius 2 is 1.90 bits per heavy atom. The number of carboxylic acid groups (broad SMARTS) is 1. The number of likely N-dealkylation sites (tertiary alicyclic amines) is 1. The average Bonchev–Trinajstić information content (AvgIpc) is 3.70. The second-order valence-corrected chi connectivity index (χ2v) is 10.5. The van der Waals surface area contributed by atoms with Crippen LogP contribution in [0.1, 0.15) is 43.0 Å². The van der Waals surface area contributed by atoms with E-state index in [1.54, 1.807) is 25.8 Å². The number of anilines is 1. The number of ether oxygens (including phenoxy) is 3. The molecule has 2 aromatic heterocycles. The van der Waals surface area contributed by atoms with Crippen LogP contribution < -0.4 is 19.5 Å². The van der Waals surface area contributed by atoms with Crippen molar-refractivity contribution in [2.24, 2.45) is 5.92 Å². The summed E-state index contributed by atoms with van der Waals surface area (Å²) in [5.74, 6) is 2.84. The molecule has 2 aliphatic rings. The molecule has 210 valence electrons. The zero-order chi connectivity index (χ0) is 27.8. The highest BCUT2D eigenvalue weighted by Gasteiger charge is 2.42. The van der Waals surface area contributed by atoms with Gasteiger partial charge in [0.1, 0.15) is 28.8 Å². The van der Waals surface area contributed by atoms with E-state index in [4.69, 9.17) is 29.3 Å². The van der Waals surface area contributed by atoms with Gasteiger partial charge < -0.3 is 24.6 Å². The van der Waals surface area contributed by atoms with Crippen LogP contribution in [-0.2, 0) is 11.3 Å². The molecule has 1 saturated carbocycles. The molecular weight excluding hydrogens is 512 g/mol. The van der Waals surface area contributed by atoms with Crippen molar-refractivity contribution in [3.63, 3.8) is 0 Å². The van der Waals surface area contributed by atoms with E-state index in [1.165, 1.54) is 0 Å². The molecule has 2 N–H and O–H groups in total. The van der Waals surface area contributed by atoms with Gasteiger partial charge in [0.25, 0.3) is 0 Å². The van der Waals surface area contributed by atoms with Gasteiger partial charge in [-0.05, 0) is 62.4 Å². The number of rotatable bonds is 10. The summed E-state index contributed by atoms with van der Waals surface area (Å²) in [7, 11) is 4.88. The summed E-state index contributed by atoms with van der Waals surface area (Å²) in [5.41, 5.74) is 2.30. The molecule has 0 spiro atoms. The molecule has 1 aliphatic carbocycles. The van der Waals surface area contributed by atoms with Gasteiger partial charge in [-0.3, -0.25) is 9.69 Å². The second kappa shape index (κ2) is 10.8. The lowest BCUT2D eigenvalue weighted by molar-refractivity contribution is -0.144. The maximum Gasteiger partial charge on any atom is 0.321 e. The van der Waals surface area contributed by atoms with Crippen LogP contribution in [0.4, 0.5) is 5.95 Å². The number of benzene rings is 2. The molecule has 11 heteroatoms. The van der Waals surface area contributed by atoms with Gasteiger partial charge in [-0.1, -0.05) is 6.07 Å². The number of fused-ring (bicyclic) bond motifs is 3. The van der Waals surface area contributed by atoms with Crippen molar-refractivity contribution in [1.29, 1.82) is 0 Å². The number of nitrogens with zero attached hydrogens (tertiary/aromatic N) is 5. The number of hydrogen-bond acceptors (Lipinski definition) is 9. The number of hydrogen-bond donors (Lipinski definition) is 2. The largest absolute Gasteiger partial charge is 0.497 e. The number of carbonyl (C=O) groups is 1. The van der Waals surface area contributed by atoms with Gasteiger partial charge in [0.05, 0.1) is 21.3 Å². The van der Waals surface area contributed by atoms with Crippen LogP contribution in [0.15, 0.2) is 36.4 Å². The van der Waals surface area contributed by atoms with Crippen molar-refractivity contribution < 1.29 is 24.1 Å². The quantitative estimate of drug-likeness (QED) is 0.302. The molecule has 0 unspecified atom stereocenters. The molecule has 0 amide bonds. The maximum atomic E-state index is 12.1. The standard InChI is InChI=1S/C29H34N6O5/c1-38-20-12-11-18(23(14-20)40-3)15-30-29-31-24-21(7-4-8-22(24)39-2)27-32-26(33-35(27)29)19-6-5-13-34(16-19)25(28(36)37)17-9-10-17/h4,7-8,11-12,14,17,19,25H,5-6,9-10,13,15-16H2,1-3H3,(H,30,31)(H,36,37)/t19-,25-/m1/s1. The predicted molar refractivity (Wildman–Crippen MR) is 149 cm³/mol. The van der Waals surface area contributed by atoms with Crippen LogP contribution in [-0.4, -0.2) is 76.0 Å². The van der Waals surface area contributed by atoms with E-state index >= 15 is 0 Å². The van der Waals surface area contributed by atoms with E-state index in [9.17, 15) is 9.90 Å². The fourth-order valence-corrected chi connectivity index (χ4v) is 5.78. The molecular formula is C29H34N6O5. The van der Waals surface area contributed by atoms with Crippen molar-refractivity contribution in [3.05, 3.63) is 47.8 Å². The number of methoxy groups -OCH3 is 3. The normalized spacial score (nSPS) is 18.5. The monoisotopic (exact) mass is 546 g/mol. The van der Waals surface area contributed by atoms with Crippen LogP contribution in [0.2, 0.25) is 0 Å². The predicted octanol–water partition coefficient (Wildman–Crippen LogP) is 3.96. The lowest BCUT2D eigenvalue weighted by atomic mass is 9.95. The topological polar surface area (TPSA) is 123 Å². The van der Waals surface area contributed by atoms with E-state index in [0.29, 0.717) is 53.3 Å². The lowest BCUT2D eigenvalue weighted by Crippen LogP contribution is -2.47. The third kappa shape index (κ3) is 4.85. The van der Waals surface area contributed by atoms with Crippen LogP contribution >= 0.6 is 0 Å². The van der Waals surface area contributed by atoms with Crippen molar-refractivity contribution in [1.82, 2.24) is 24.5 Å². The molecule has 3 heterocycles. The first-order valence-electron chi connectivity index (χ1n) is 13.7. The van der Waals surface area contributed by atoms with Gasteiger partial charge in [-0.15, -0.1) is 5.10 Å². The van der Waals surface area contributed by atoms with Gasteiger partial charge >= 0.3 is 5.97 Å². The molecule has 2 aromatic carbocycles. The molecule has 0 bridgehead atoms. The Kier molecular flexibility index (Phi) is 7.05. The number of aliphatic carboxylic acids is 1. The number of para-hydroxylation sites is 1. The molecule has 4 aromatic rings. The average molecular weight is 547 g/mol. The molecule has 6 rings (SSSR count). The van der Waals surface area contributed by atoms with Crippen LogP contribution in [0.25, 0.3) is 16.6 Å².